The van der Waals surface area contributed by atoms with Gasteiger partial charge in [-0.05, 0) is 63.4 Å². The number of nitrogens with zero attached hydrogens (tertiary/aromatic N) is 1. The second-order valence-electron chi connectivity index (χ2n) is 10.4. The van der Waals surface area contributed by atoms with Crippen molar-refractivity contribution < 1.29 is 13.6 Å². The van der Waals surface area contributed by atoms with Crippen molar-refractivity contribution >= 4 is 30.2 Å². The molecule has 3 nitrogen and oxygen atoms in total. The molecule has 1 amide bonds. The number of fused-ring (bicyclic) bond motifs is 1. The van der Waals surface area contributed by atoms with Crippen LogP contribution in [0.2, 0.25) is 18.1 Å². The molecule has 0 saturated carbocycles. The Morgan fingerprint density at radius 2 is 1.86 bits per heavy atom. The van der Waals surface area contributed by atoms with Gasteiger partial charge < -0.3 is 9.33 Å². The lowest BCUT2D eigenvalue weighted by Crippen LogP contribution is -2.57. The van der Waals surface area contributed by atoms with E-state index in [1.54, 1.807) is 6.07 Å². The summed E-state index contributed by atoms with van der Waals surface area (Å²) in [7, 11) is -2.02. The third-order valence-electron chi connectivity index (χ3n) is 7.18. The minimum Gasteiger partial charge on any atom is -0.410 e. The van der Waals surface area contributed by atoms with Crippen LogP contribution in [0.1, 0.15) is 65.9 Å². The van der Waals surface area contributed by atoms with Crippen molar-refractivity contribution in [2.45, 2.75) is 95.6 Å². The van der Waals surface area contributed by atoms with Crippen LogP contribution in [-0.2, 0) is 14.8 Å². The van der Waals surface area contributed by atoms with Gasteiger partial charge in [0.05, 0.1) is 17.2 Å². The second kappa shape index (κ2) is 6.91. The first kappa shape index (κ1) is 22.0. The molecule has 2 aliphatic rings. The zero-order chi connectivity index (χ0) is 21.1. The van der Waals surface area contributed by atoms with Crippen LogP contribution in [-0.4, -0.2) is 30.8 Å². The van der Waals surface area contributed by atoms with Crippen molar-refractivity contribution in [1.82, 2.24) is 4.90 Å². The van der Waals surface area contributed by atoms with Crippen molar-refractivity contribution in [3.63, 3.8) is 0 Å². The van der Waals surface area contributed by atoms with E-state index in [0.717, 1.165) is 17.3 Å². The number of rotatable bonds is 4. The molecule has 6 heteroatoms. The maximum atomic E-state index is 14.9. The normalized spacial score (nSPS) is 26.1. The van der Waals surface area contributed by atoms with E-state index in [1.807, 2.05) is 11.0 Å². The summed E-state index contributed by atoms with van der Waals surface area (Å²) in [6, 6.07) is 5.03. The zero-order valence-corrected chi connectivity index (χ0v) is 20.7. The Balaban J connectivity index is 2.01. The second-order valence-corrected chi connectivity index (χ2v) is 16.0. The molecule has 156 valence electrons. The molecule has 2 fully saturated rings. The molecule has 0 radical (unpaired) electrons. The number of benzene rings is 1. The summed E-state index contributed by atoms with van der Waals surface area (Å²) < 4.78 is 22.5. The Morgan fingerprint density at radius 1 is 1.21 bits per heavy atom. The first-order valence-electron chi connectivity index (χ1n) is 10.2. The van der Waals surface area contributed by atoms with Gasteiger partial charge in [-0.3, -0.25) is 4.79 Å². The van der Waals surface area contributed by atoms with Crippen LogP contribution in [0.25, 0.3) is 0 Å². The molecular formula is C22H33BrFNO2Si. The summed E-state index contributed by atoms with van der Waals surface area (Å²) in [5.41, 5.74) is -0.422. The SMILES string of the molecule is CC(C)(O[Si](C)(C)C(C)(C)C)[C@H]1CC[C@]2(c3c(F)cccc3Br)CCC(=O)N12. The standard InChI is InChI=1S/C22H33BrFNO2Si/c1-20(2,3)28(6,7)27-21(4,5)17-11-13-22(14-12-18(26)25(17)22)19-15(23)9-8-10-16(19)24/h8-10,17H,11-14H2,1-7H3/t17-,22-/m1/s1. The number of hydrogen-bond acceptors (Lipinski definition) is 2. The Morgan fingerprint density at radius 3 is 2.43 bits per heavy atom. The minimum absolute atomic E-state index is 0.0527. The molecule has 0 spiro atoms. The molecule has 0 aliphatic carbocycles. The van der Waals surface area contributed by atoms with Crippen LogP contribution < -0.4 is 0 Å². The van der Waals surface area contributed by atoms with Crippen LogP contribution in [0.15, 0.2) is 22.7 Å². The third-order valence-corrected chi connectivity index (χ3v) is 12.5. The van der Waals surface area contributed by atoms with E-state index in [0.29, 0.717) is 18.4 Å². The quantitative estimate of drug-likeness (QED) is 0.479. The molecule has 2 aliphatic heterocycles. The van der Waals surface area contributed by atoms with Crippen LogP contribution in [0.4, 0.5) is 4.39 Å². The van der Waals surface area contributed by atoms with Gasteiger partial charge >= 0.3 is 0 Å². The molecule has 3 rings (SSSR count). The third kappa shape index (κ3) is 3.39. The average Bonchev–Trinajstić information content (AvgIpc) is 3.05. The first-order chi connectivity index (χ1) is 12.7. The predicted molar refractivity (Wildman–Crippen MR) is 117 cm³/mol. The van der Waals surface area contributed by atoms with Crippen molar-refractivity contribution in [2.75, 3.05) is 0 Å². The lowest BCUT2D eigenvalue weighted by atomic mass is 9.85. The van der Waals surface area contributed by atoms with Crippen LogP contribution in [0.5, 0.6) is 0 Å². The molecule has 2 heterocycles. The van der Waals surface area contributed by atoms with E-state index >= 15 is 0 Å². The monoisotopic (exact) mass is 469 g/mol. The number of carbonyl (C=O) groups excluding carboxylic acids is 1. The van der Waals surface area contributed by atoms with Crippen molar-refractivity contribution in [1.29, 1.82) is 0 Å². The Labute approximate surface area is 178 Å². The van der Waals surface area contributed by atoms with E-state index in [1.165, 1.54) is 6.07 Å². The summed E-state index contributed by atoms with van der Waals surface area (Å²) >= 11 is 3.55. The number of carbonyl (C=O) groups is 1. The van der Waals surface area contributed by atoms with Gasteiger partial charge in [0, 0.05) is 16.5 Å². The highest BCUT2D eigenvalue weighted by molar-refractivity contribution is 9.10. The fraction of sp³-hybridized carbons (Fsp3) is 0.682. The number of hydrogen-bond donors (Lipinski definition) is 0. The summed E-state index contributed by atoms with van der Waals surface area (Å²) in [5, 5.41) is 0.0869. The highest BCUT2D eigenvalue weighted by Crippen LogP contribution is 2.55. The summed E-state index contributed by atoms with van der Waals surface area (Å²) in [4.78, 5) is 15.0. The average molecular weight is 470 g/mol. The van der Waals surface area contributed by atoms with Gasteiger partial charge in [0.15, 0.2) is 8.32 Å². The molecule has 1 aromatic carbocycles. The number of amides is 1. The molecule has 28 heavy (non-hydrogen) atoms. The van der Waals surface area contributed by atoms with Gasteiger partial charge in [-0.25, -0.2) is 4.39 Å². The highest BCUT2D eigenvalue weighted by Gasteiger charge is 2.59. The van der Waals surface area contributed by atoms with E-state index < -0.39 is 19.5 Å². The lowest BCUT2D eigenvalue weighted by Gasteiger charge is -2.48. The largest absolute Gasteiger partial charge is 0.410 e. The molecule has 0 unspecified atom stereocenters. The van der Waals surface area contributed by atoms with E-state index in [9.17, 15) is 9.18 Å². The predicted octanol–water partition coefficient (Wildman–Crippen LogP) is 6.37. The zero-order valence-electron chi connectivity index (χ0n) is 18.2. The van der Waals surface area contributed by atoms with E-state index in [-0.39, 0.29) is 22.8 Å². The van der Waals surface area contributed by atoms with Gasteiger partial charge in [0.25, 0.3) is 0 Å². The van der Waals surface area contributed by atoms with Gasteiger partial charge in [0.1, 0.15) is 5.82 Å². The molecule has 0 bridgehead atoms. The van der Waals surface area contributed by atoms with E-state index in [4.69, 9.17) is 4.43 Å². The van der Waals surface area contributed by atoms with Crippen LogP contribution in [0.3, 0.4) is 0 Å². The summed E-state index contributed by atoms with van der Waals surface area (Å²) in [6.45, 7) is 15.4. The maximum absolute atomic E-state index is 14.9. The van der Waals surface area contributed by atoms with Crippen molar-refractivity contribution in [3.8, 4) is 0 Å². The molecule has 0 N–H and O–H groups in total. The fourth-order valence-corrected chi connectivity index (χ4v) is 7.33. The van der Waals surface area contributed by atoms with E-state index in [2.05, 4.69) is 63.6 Å². The molecule has 0 aromatic heterocycles. The number of halogens is 2. The fourth-order valence-electron chi connectivity index (χ4n) is 4.87. The van der Waals surface area contributed by atoms with Gasteiger partial charge in [-0.15, -0.1) is 0 Å². The maximum Gasteiger partial charge on any atom is 0.223 e. The van der Waals surface area contributed by atoms with Gasteiger partial charge in [-0.1, -0.05) is 42.8 Å². The van der Waals surface area contributed by atoms with Gasteiger partial charge in [0.2, 0.25) is 5.91 Å². The smallest absolute Gasteiger partial charge is 0.223 e. The van der Waals surface area contributed by atoms with Crippen molar-refractivity contribution in [3.05, 3.63) is 34.1 Å². The lowest BCUT2D eigenvalue weighted by molar-refractivity contribution is -0.136. The Kier molecular flexibility index (Phi) is 5.43. The summed E-state index contributed by atoms with van der Waals surface area (Å²) in [6.07, 6.45) is 2.73. The molecular weight excluding hydrogens is 437 g/mol. The van der Waals surface area contributed by atoms with Crippen LogP contribution >= 0.6 is 15.9 Å². The van der Waals surface area contributed by atoms with Crippen LogP contribution in [0, 0.1) is 5.82 Å². The Hall–Kier alpha value is -0.723. The topological polar surface area (TPSA) is 29.5 Å². The van der Waals surface area contributed by atoms with Crippen molar-refractivity contribution in [2.24, 2.45) is 0 Å². The summed E-state index contributed by atoms with van der Waals surface area (Å²) in [5.74, 6) is -0.123. The molecule has 2 saturated heterocycles. The first-order valence-corrected chi connectivity index (χ1v) is 13.9. The Bertz CT molecular complexity index is 769. The highest BCUT2D eigenvalue weighted by atomic mass is 79.9. The van der Waals surface area contributed by atoms with Gasteiger partial charge in [-0.2, -0.15) is 0 Å². The molecule has 2 atom stereocenters. The molecule has 1 aromatic rings. The minimum atomic E-state index is -2.02.